The summed E-state index contributed by atoms with van der Waals surface area (Å²) < 4.78 is 18.5. The van der Waals surface area contributed by atoms with E-state index in [2.05, 4.69) is 0 Å². The molecule has 0 heterocycles. The first kappa shape index (κ1) is 9.07. The molecule has 3 nitrogen and oxygen atoms in total. The third-order valence-electron chi connectivity index (χ3n) is 1.19. The lowest BCUT2D eigenvalue weighted by Crippen LogP contribution is -2.32. The minimum absolute atomic E-state index is 0.157. The summed E-state index contributed by atoms with van der Waals surface area (Å²) in [5, 5.41) is 0. The van der Waals surface area contributed by atoms with Crippen LogP contribution in [0, 0.1) is 5.92 Å². The summed E-state index contributed by atoms with van der Waals surface area (Å²) in [7, 11) is 0. The number of rotatable bonds is 3. The predicted molar refractivity (Wildman–Crippen MR) is 38.5 cm³/mol. The Balaban J connectivity index is 3.50. The van der Waals surface area contributed by atoms with Gasteiger partial charge in [-0.05, 0) is 5.92 Å². The van der Waals surface area contributed by atoms with Crippen molar-refractivity contribution in [3.8, 4) is 0 Å². The molecule has 0 fully saturated rings. The lowest BCUT2D eigenvalue weighted by molar-refractivity contribution is 0.505. The summed E-state index contributed by atoms with van der Waals surface area (Å²) in [6, 6.07) is -0.157. The first-order valence-corrected chi connectivity index (χ1v) is 4.14. The topological polar surface area (TPSA) is 63.3 Å². The lowest BCUT2D eigenvalue weighted by atomic mass is 10.1. The Morgan fingerprint density at radius 3 is 2.22 bits per heavy atom. The molecule has 0 rings (SSSR count). The van der Waals surface area contributed by atoms with Crippen molar-refractivity contribution in [1.29, 1.82) is 0 Å². The van der Waals surface area contributed by atoms with E-state index in [1.54, 1.807) is 0 Å². The average molecular weight is 151 g/mol. The fourth-order valence-electron chi connectivity index (χ4n) is 0.357. The van der Waals surface area contributed by atoms with Crippen LogP contribution in [0.1, 0.15) is 13.8 Å². The zero-order chi connectivity index (χ0) is 7.44. The molecule has 4 heteroatoms. The Labute approximate surface area is 57.9 Å². The van der Waals surface area contributed by atoms with Crippen molar-refractivity contribution in [3.63, 3.8) is 0 Å². The van der Waals surface area contributed by atoms with Crippen molar-refractivity contribution in [2.45, 2.75) is 19.9 Å². The molecular formula is C5H13NO2S. The van der Waals surface area contributed by atoms with Gasteiger partial charge in [-0.15, -0.1) is 0 Å². The maximum absolute atomic E-state index is 10.1. The monoisotopic (exact) mass is 151 g/mol. The fraction of sp³-hybridized carbons (Fsp3) is 1.00. The molecule has 0 saturated carbocycles. The fourth-order valence-corrected chi connectivity index (χ4v) is 1.07. The van der Waals surface area contributed by atoms with Crippen molar-refractivity contribution in [3.05, 3.63) is 0 Å². The SMILES string of the molecule is CC(C)C(N)CS(=O)O. The van der Waals surface area contributed by atoms with Gasteiger partial charge in [-0.25, -0.2) is 4.21 Å². The van der Waals surface area contributed by atoms with E-state index < -0.39 is 11.1 Å². The summed E-state index contributed by atoms with van der Waals surface area (Å²) in [6.07, 6.45) is 0. The highest BCUT2D eigenvalue weighted by Crippen LogP contribution is 1.98. The molecule has 3 N–H and O–H groups in total. The smallest absolute Gasteiger partial charge is 0.154 e. The van der Waals surface area contributed by atoms with E-state index in [9.17, 15) is 4.21 Å². The highest BCUT2D eigenvalue weighted by atomic mass is 32.2. The van der Waals surface area contributed by atoms with Gasteiger partial charge in [-0.2, -0.15) is 0 Å². The van der Waals surface area contributed by atoms with Crippen LogP contribution in [0.5, 0.6) is 0 Å². The van der Waals surface area contributed by atoms with E-state index in [1.165, 1.54) is 0 Å². The second-order valence-corrected chi connectivity index (χ2v) is 3.37. The highest BCUT2D eigenvalue weighted by molar-refractivity contribution is 7.79. The van der Waals surface area contributed by atoms with Gasteiger partial charge in [0.25, 0.3) is 0 Å². The van der Waals surface area contributed by atoms with Crippen LogP contribution in [0.4, 0.5) is 0 Å². The molecule has 0 aliphatic rings. The molecule has 2 unspecified atom stereocenters. The molecule has 0 aromatic carbocycles. The Hall–Kier alpha value is 0.0700. The molecule has 0 aliphatic carbocycles. The lowest BCUT2D eigenvalue weighted by Gasteiger charge is -2.11. The van der Waals surface area contributed by atoms with Crippen LogP contribution >= 0.6 is 0 Å². The van der Waals surface area contributed by atoms with Gasteiger partial charge in [0.15, 0.2) is 11.1 Å². The van der Waals surface area contributed by atoms with Crippen molar-refractivity contribution in [2.75, 3.05) is 5.75 Å². The van der Waals surface area contributed by atoms with Crippen molar-refractivity contribution >= 4 is 11.1 Å². The van der Waals surface area contributed by atoms with Gasteiger partial charge in [0, 0.05) is 6.04 Å². The van der Waals surface area contributed by atoms with Gasteiger partial charge in [-0.3, -0.25) is 0 Å². The van der Waals surface area contributed by atoms with Gasteiger partial charge in [0.2, 0.25) is 0 Å². The third-order valence-corrected chi connectivity index (χ3v) is 1.86. The standard InChI is InChI=1S/C5H13NO2S/c1-4(2)5(6)3-9(7)8/h4-5H,3,6H2,1-2H3,(H,7,8). The molecule has 0 bridgehead atoms. The molecular weight excluding hydrogens is 138 g/mol. The maximum Gasteiger partial charge on any atom is 0.154 e. The van der Waals surface area contributed by atoms with Crippen LogP contribution in [-0.2, 0) is 11.1 Å². The van der Waals surface area contributed by atoms with Crippen molar-refractivity contribution < 1.29 is 8.76 Å². The molecule has 2 atom stereocenters. The Morgan fingerprint density at radius 1 is 1.67 bits per heavy atom. The van der Waals surface area contributed by atoms with Gasteiger partial charge in [0.1, 0.15) is 0 Å². The van der Waals surface area contributed by atoms with E-state index in [1.807, 2.05) is 13.8 Å². The molecule has 0 saturated heterocycles. The highest BCUT2D eigenvalue weighted by Gasteiger charge is 2.09. The quantitative estimate of drug-likeness (QED) is 0.566. The van der Waals surface area contributed by atoms with Gasteiger partial charge in [0.05, 0.1) is 5.75 Å². The number of hydrogen-bond acceptors (Lipinski definition) is 2. The van der Waals surface area contributed by atoms with E-state index in [0.29, 0.717) is 0 Å². The van der Waals surface area contributed by atoms with Crippen molar-refractivity contribution in [2.24, 2.45) is 11.7 Å². The minimum atomic E-state index is -1.74. The zero-order valence-electron chi connectivity index (χ0n) is 5.70. The largest absolute Gasteiger partial charge is 0.327 e. The average Bonchev–Trinajstić information content (AvgIpc) is 1.63. The first-order valence-electron chi connectivity index (χ1n) is 2.87. The molecule has 0 amide bonds. The maximum atomic E-state index is 10.1. The first-order chi connectivity index (χ1) is 4.04. The second kappa shape index (κ2) is 3.98. The number of hydrogen-bond donors (Lipinski definition) is 2. The zero-order valence-corrected chi connectivity index (χ0v) is 6.52. The van der Waals surface area contributed by atoms with Crippen LogP contribution in [0.25, 0.3) is 0 Å². The van der Waals surface area contributed by atoms with E-state index in [4.69, 9.17) is 10.3 Å². The third kappa shape index (κ3) is 4.57. The Morgan fingerprint density at radius 2 is 2.11 bits per heavy atom. The van der Waals surface area contributed by atoms with E-state index in [-0.39, 0.29) is 17.7 Å². The van der Waals surface area contributed by atoms with Gasteiger partial charge >= 0.3 is 0 Å². The van der Waals surface area contributed by atoms with Crippen LogP contribution in [0.3, 0.4) is 0 Å². The molecule has 0 spiro atoms. The van der Waals surface area contributed by atoms with Gasteiger partial charge in [-0.1, -0.05) is 13.8 Å². The molecule has 0 aromatic rings. The summed E-state index contributed by atoms with van der Waals surface area (Å²) in [6.45, 7) is 3.86. The second-order valence-electron chi connectivity index (χ2n) is 2.40. The molecule has 0 aliphatic heterocycles. The van der Waals surface area contributed by atoms with E-state index >= 15 is 0 Å². The molecule has 0 radical (unpaired) electrons. The van der Waals surface area contributed by atoms with Crippen LogP contribution in [-0.4, -0.2) is 20.6 Å². The predicted octanol–water partition coefficient (Wildman–Crippen LogP) is 0.191. The van der Waals surface area contributed by atoms with E-state index in [0.717, 1.165) is 0 Å². The Bertz CT molecular complexity index is 105. The summed E-state index contributed by atoms with van der Waals surface area (Å²) >= 11 is -1.74. The summed E-state index contributed by atoms with van der Waals surface area (Å²) in [5.41, 5.74) is 5.46. The molecule has 0 aromatic heterocycles. The van der Waals surface area contributed by atoms with Gasteiger partial charge < -0.3 is 10.3 Å². The van der Waals surface area contributed by atoms with Crippen LogP contribution in [0.2, 0.25) is 0 Å². The minimum Gasteiger partial charge on any atom is -0.327 e. The van der Waals surface area contributed by atoms with Crippen LogP contribution in [0.15, 0.2) is 0 Å². The van der Waals surface area contributed by atoms with Crippen LogP contribution < -0.4 is 5.73 Å². The number of nitrogens with two attached hydrogens (primary N) is 1. The summed E-state index contributed by atoms with van der Waals surface area (Å²) in [5.74, 6) is 0.457. The summed E-state index contributed by atoms with van der Waals surface area (Å²) in [4.78, 5) is 0. The normalized spacial score (nSPS) is 17.9. The molecule has 56 valence electrons. The molecule has 9 heavy (non-hydrogen) atoms. The Kier molecular flexibility index (Phi) is 4.01. The van der Waals surface area contributed by atoms with Crippen molar-refractivity contribution in [1.82, 2.24) is 0 Å².